The van der Waals surface area contributed by atoms with Crippen LogP contribution in [0.1, 0.15) is 12.5 Å². The molecular formula is C24H18O5S. The van der Waals surface area contributed by atoms with E-state index < -0.39 is 5.97 Å². The Morgan fingerprint density at radius 2 is 1.60 bits per heavy atom. The van der Waals surface area contributed by atoms with Crippen molar-refractivity contribution in [1.29, 1.82) is 0 Å². The summed E-state index contributed by atoms with van der Waals surface area (Å²) in [7, 11) is 0. The van der Waals surface area contributed by atoms with Gasteiger partial charge in [0.25, 0.3) is 0 Å². The fourth-order valence-electron chi connectivity index (χ4n) is 3.14. The molecule has 0 aliphatic heterocycles. The number of benzene rings is 3. The van der Waals surface area contributed by atoms with Gasteiger partial charge in [0.05, 0.1) is 4.88 Å². The van der Waals surface area contributed by atoms with Crippen molar-refractivity contribution in [2.75, 3.05) is 0 Å². The van der Waals surface area contributed by atoms with Gasteiger partial charge in [-0.25, -0.2) is 4.79 Å². The average Bonchev–Trinajstić information content (AvgIpc) is 3.06. The van der Waals surface area contributed by atoms with E-state index in [1.54, 1.807) is 43.3 Å². The van der Waals surface area contributed by atoms with E-state index in [2.05, 4.69) is 0 Å². The molecule has 0 aliphatic carbocycles. The van der Waals surface area contributed by atoms with Crippen LogP contribution in [0.4, 0.5) is 0 Å². The van der Waals surface area contributed by atoms with Gasteiger partial charge in [0.2, 0.25) is 0 Å². The normalized spacial score (nSPS) is 11.6. The van der Waals surface area contributed by atoms with Crippen LogP contribution < -0.4 is 4.74 Å². The highest BCUT2D eigenvalue weighted by Gasteiger charge is 2.17. The molecule has 0 unspecified atom stereocenters. The number of phenols is 2. The third-order valence-corrected chi connectivity index (χ3v) is 5.81. The van der Waals surface area contributed by atoms with Crippen molar-refractivity contribution >= 4 is 33.0 Å². The second kappa shape index (κ2) is 7.93. The number of carboxylic acid groups (broad SMARTS) is 1. The number of thiophene rings is 1. The van der Waals surface area contributed by atoms with Gasteiger partial charge < -0.3 is 20.1 Å². The second-order valence-corrected chi connectivity index (χ2v) is 7.83. The largest absolute Gasteiger partial charge is 0.508 e. The van der Waals surface area contributed by atoms with Crippen LogP contribution in [0.2, 0.25) is 0 Å². The van der Waals surface area contributed by atoms with Crippen LogP contribution in [0.5, 0.6) is 23.0 Å². The van der Waals surface area contributed by atoms with Crippen molar-refractivity contribution in [1.82, 2.24) is 0 Å². The van der Waals surface area contributed by atoms with Gasteiger partial charge in [-0.3, -0.25) is 0 Å². The zero-order valence-corrected chi connectivity index (χ0v) is 16.8. The van der Waals surface area contributed by atoms with Gasteiger partial charge in [0.1, 0.15) is 17.2 Å². The van der Waals surface area contributed by atoms with Crippen molar-refractivity contribution < 1.29 is 24.9 Å². The number of carboxylic acids is 1. The molecular weight excluding hydrogens is 400 g/mol. The van der Waals surface area contributed by atoms with Crippen LogP contribution in [-0.2, 0) is 4.79 Å². The zero-order valence-electron chi connectivity index (χ0n) is 16.0. The Hall–Kier alpha value is -3.77. The Bertz CT molecular complexity index is 1250. The third-order valence-electron chi connectivity index (χ3n) is 4.63. The van der Waals surface area contributed by atoms with Gasteiger partial charge in [-0.2, -0.15) is 0 Å². The molecule has 0 saturated heterocycles. The maximum atomic E-state index is 10.9. The van der Waals surface area contributed by atoms with Crippen LogP contribution in [0.3, 0.4) is 0 Å². The van der Waals surface area contributed by atoms with Gasteiger partial charge in [-0.1, -0.05) is 12.1 Å². The second-order valence-electron chi connectivity index (χ2n) is 6.78. The lowest BCUT2D eigenvalue weighted by Crippen LogP contribution is -1.90. The smallest absolute Gasteiger partial charge is 0.328 e. The Balaban J connectivity index is 1.75. The molecule has 1 heterocycles. The summed E-state index contributed by atoms with van der Waals surface area (Å²) >= 11 is 1.49. The summed E-state index contributed by atoms with van der Waals surface area (Å²) in [5.74, 6) is 0.637. The molecule has 0 bridgehead atoms. The van der Waals surface area contributed by atoms with E-state index in [0.29, 0.717) is 17.1 Å². The molecule has 0 radical (unpaired) electrons. The molecule has 150 valence electrons. The van der Waals surface area contributed by atoms with E-state index in [0.717, 1.165) is 32.2 Å². The molecule has 0 amide bonds. The molecule has 3 N–H and O–H groups in total. The minimum atomic E-state index is -0.987. The van der Waals surface area contributed by atoms with Crippen molar-refractivity contribution in [2.45, 2.75) is 6.92 Å². The first-order chi connectivity index (χ1) is 14.4. The maximum absolute atomic E-state index is 10.9. The number of carbonyl (C=O) groups is 1. The topological polar surface area (TPSA) is 87.0 Å². The first kappa shape index (κ1) is 19.5. The molecule has 3 aromatic carbocycles. The van der Waals surface area contributed by atoms with Crippen LogP contribution in [-0.4, -0.2) is 21.3 Å². The maximum Gasteiger partial charge on any atom is 0.328 e. The number of phenolic OH excluding ortho intramolecular Hbond substituents is 2. The zero-order chi connectivity index (χ0) is 21.3. The number of allylic oxidation sites excluding steroid dienone is 1. The summed E-state index contributed by atoms with van der Waals surface area (Å²) in [5, 5.41) is 29.2. The summed E-state index contributed by atoms with van der Waals surface area (Å²) < 4.78 is 7.11. The molecule has 0 atom stereocenters. The molecule has 0 fully saturated rings. The van der Waals surface area contributed by atoms with E-state index in [1.165, 1.54) is 11.3 Å². The molecule has 4 rings (SSSR count). The van der Waals surface area contributed by atoms with Gasteiger partial charge in [0, 0.05) is 16.2 Å². The highest BCUT2D eigenvalue weighted by Crippen LogP contribution is 2.47. The predicted octanol–water partition coefficient (Wildman–Crippen LogP) is 6.26. The van der Waals surface area contributed by atoms with E-state index in [-0.39, 0.29) is 11.5 Å². The first-order valence-corrected chi connectivity index (χ1v) is 9.97. The number of aromatic hydroxyl groups is 2. The third kappa shape index (κ3) is 3.99. The first-order valence-electron chi connectivity index (χ1n) is 9.15. The van der Waals surface area contributed by atoms with E-state index in [9.17, 15) is 15.0 Å². The Morgan fingerprint density at radius 3 is 2.27 bits per heavy atom. The van der Waals surface area contributed by atoms with Gasteiger partial charge in [-0.15, -0.1) is 11.3 Å². The lowest BCUT2D eigenvalue weighted by atomic mass is 10.1. The lowest BCUT2D eigenvalue weighted by molar-refractivity contribution is -0.131. The fraction of sp³-hybridized carbons (Fsp3) is 0.0417. The number of hydrogen-bond donors (Lipinski definition) is 3. The van der Waals surface area contributed by atoms with E-state index in [1.807, 2.05) is 30.3 Å². The van der Waals surface area contributed by atoms with Crippen molar-refractivity contribution in [3.05, 3.63) is 78.4 Å². The van der Waals surface area contributed by atoms with Crippen LogP contribution in [0.25, 0.3) is 26.1 Å². The van der Waals surface area contributed by atoms with Crippen molar-refractivity contribution in [3.8, 4) is 33.4 Å². The van der Waals surface area contributed by atoms with Crippen LogP contribution in [0.15, 0.2) is 72.8 Å². The molecule has 4 aromatic rings. The van der Waals surface area contributed by atoms with Gasteiger partial charge in [-0.05, 0) is 78.2 Å². The monoisotopic (exact) mass is 418 g/mol. The summed E-state index contributed by atoms with van der Waals surface area (Å²) in [4.78, 5) is 11.7. The highest BCUT2D eigenvalue weighted by atomic mass is 32.1. The molecule has 0 aliphatic rings. The Morgan fingerprint density at radius 1 is 0.933 bits per heavy atom. The lowest BCUT2D eigenvalue weighted by Gasteiger charge is -2.09. The molecule has 6 heteroatoms. The fourth-order valence-corrected chi connectivity index (χ4v) is 4.31. The average molecular weight is 418 g/mol. The Kier molecular flexibility index (Phi) is 5.16. The number of aliphatic carboxylic acids is 1. The van der Waals surface area contributed by atoms with E-state index in [4.69, 9.17) is 9.84 Å². The number of hydrogen-bond acceptors (Lipinski definition) is 5. The highest BCUT2D eigenvalue weighted by molar-refractivity contribution is 7.22. The predicted molar refractivity (Wildman–Crippen MR) is 118 cm³/mol. The summed E-state index contributed by atoms with van der Waals surface area (Å²) in [5.41, 5.74) is 2.33. The molecule has 1 aromatic heterocycles. The Labute approximate surface area is 176 Å². The minimum absolute atomic E-state index is 0.178. The number of ether oxygens (including phenoxy) is 1. The van der Waals surface area contributed by atoms with Gasteiger partial charge in [0.15, 0.2) is 5.75 Å². The van der Waals surface area contributed by atoms with Crippen LogP contribution in [0, 0.1) is 0 Å². The van der Waals surface area contributed by atoms with Crippen molar-refractivity contribution in [3.63, 3.8) is 0 Å². The number of fused-ring (bicyclic) bond motifs is 1. The standard InChI is InChI=1S/C24H18O5S/c1-14(12-22(27)28)15-4-9-19(10-5-15)29-23-20-11-8-18(26)13-21(20)30-24(23)16-2-6-17(25)7-3-16/h2-13,25-26H,1H3,(H,27,28). The minimum Gasteiger partial charge on any atom is -0.508 e. The van der Waals surface area contributed by atoms with E-state index >= 15 is 0 Å². The van der Waals surface area contributed by atoms with Crippen LogP contribution >= 0.6 is 11.3 Å². The SMILES string of the molecule is CC(=CC(=O)O)c1ccc(Oc2c(-c3ccc(O)cc3)sc3cc(O)ccc23)cc1. The summed E-state index contributed by atoms with van der Waals surface area (Å²) in [6.45, 7) is 1.74. The molecule has 0 saturated carbocycles. The van der Waals surface area contributed by atoms with Gasteiger partial charge >= 0.3 is 5.97 Å². The number of rotatable bonds is 5. The molecule has 0 spiro atoms. The molecule has 30 heavy (non-hydrogen) atoms. The summed E-state index contributed by atoms with van der Waals surface area (Å²) in [6.07, 6.45) is 1.16. The van der Waals surface area contributed by atoms with Crippen molar-refractivity contribution in [2.24, 2.45) is 0 Å². The molecule has 5 nitrogen and oxygen atoms in total. The quantitative estimate of drug-likeness (QED) is 0.333. The summed E-state index contributed by atoms with van der Waals surface area (Å²) in [6, 6.07) is 19.2.